The largest absolute Gasteiger partial charge is 0.315 e. The molecule has 122 valence electrons. The fourth-order valence-electron chi connectivity index (χ4n) is 3.58. The summed E-state index contributed by atoms with van der Waals surface area (Å²) < 4.78 is 1.15. The first-order valence-electron chi connectivity index (χ1n) is 8.42. The van der Waals surface area contributed by atoms with Crippen molar-refractivity contribution in [2.45, 2.75) is 26.3 Å². The van der Waals surface area contributed by atoms with Gasteiger partial charge in [-0.2, -0.15) is 0 Å². The zero-order chi connectivity index (χ0) is 16.2. The molecule has 1 aliphatic rings. The zero-order valence-corrected chi connectivity index (χ0v) is 15.6. The third kappa shape index (κ3) is 4.23. The van der Waals surface area contributed by atoms with Crippen molar-refractivity contribution in [3.8, 4) is 0 Å². The van der Waals surface area contributed by atoms with E-state index in [9.17, 15) is 0 Å². The van der Waals surface area contributed by atoms with E-state index in [0.29, 0.717) is 6.04 Å². The Morgan fingerprint density at radius 3 is 2.48 bits per heavy atom. The molecule has 2 aromatic carbocycles. The molecule has 0 saturated carbocycles. The summed E-state index contributed by atoms with van der Waals surface area (Å²) in [6.07, 6.45) is 1.20. The first-order valence-corrected chi connectivity index (χ1v) is 9.21. The number of nitrogens with one attached hydrogen (secondary N) is 1. The van der Waals surface area contributed by atoms with Crippen LogP contribution in [0.2, 0.25) is 0 Å². The van der Waals surface area contributed by atoms with Gasteiger partial charge in [-0.05, 0) is 50.1 Å². The Morgan fingerprint density at radius 2 is 1.74 bits per heavy atom. The van der Waals surface area contributed by atoms with Crippen molar-refractivity contribution in [3.63, 3.8) is 0 Å². The van der Waals surface area contributed by atoms with Gasteiger partial charge in [-0.15, -0.1) is 0 Å². The minimum Gasteiger partial charge on any atom is -0.315 e. The highest BCUT2D eigenvalue weighted by atomic mass is 79.9. The molecule has 0 bridgehead atoms. The Balaban J connectivity index is 2.04. The van der Waals surface area contributed by atoms with E-state index in [1.54, 1.807) is 0 Å². The van der Waals surface area contributed by atoms with Crippen molar-refractivity contribution in [3.05, 3.63) is 69.2 Å². The third-order valence-electron chi connectivity index (χ3n) is 4.46. The number of hydrogen-bond donors (Lipinski definition) is 1. The maximum Gasteiger partial charge on any atom is 0.0602 e. The number of hydrogen-bond acceptors (Lipinski definition) is 2. The summed E-state index contributed by atoms with van der Waals surface area (Å²) in [5.74, 6) is 0. The molecule has 2 nitrogen and oxygen atoms in total. The maximum absolute atomic E-state index is 3.64. The topological polar surface area (TPSA) is 15.3 Å². The predicted octanol–water partition coefficient (Wildman–Crippen LogP) is 4.45. The summed E-state index contributed by atoms with van der Waals surface area (Å²) in [6, 6.07) is 16.0. The lowest BCUT2D eigenvalue weighted by Crippen LogP contribution is -2.33. The molecule has 1 heterocycles. The zero-order valence-electron chi connectivity index (χ0n) is 14.0. The van der Waals surface area contributed by atoms with E-state index in [1.165, 1.54) is 28.7 Å². The number of halogens is 1. The number of benzene rings is 2. The molecule has 2 aromatic rings. The first-order chi connectivity index (χ1) is 11.1. The Labute approximate surface area is 148 Å². The molecule has 1 aliphatic heterocycles. The van der Waals surface area contributed by atoms with E-state index in [1.807, 2.05) is 0 Å². The molecule has 1 fully saturated rings. The van der Waals surface area contributed by atoms with Crippen LogP contribution in [0.25, 0.3) is 0 Å². The van der Waals surface area contributed by atoms with Crippen LogP contribution in [0.4, 0.5) is 0 Å². The van der Waals surface area contributed by atoms with Crippen LogP contribution in [0.3, 0.4) is 0 Å². The fourth-order valence-corrected chi connectivity index (χ4v) is 4.00. The second-order valence-corrected chi connectivity index (χ2v) is 7.43. The maximum atomic E-state index is 3.64. The van der Waals surface area contributed by atoms with Crippen LogP contribution in [0.5, 0.6) is 0 Å². The van der Waals surface area contributed by atoms with Crippen molar-refractivity contribution >= 4 is 15.9 Å². The lowest BCUT2D eigenvalue weighted by atomic mass is 9.94. The third-order valence-corrected chi connectivity index (χ3v) is 4.96. The molecule has 3 heteroatoms. The van der Waals surface area contributed by atoms with Gasteiger partial charge in [0.15, 0.2) is 0 Å². The molecule has 0 aromatic heterocycles. The van der Waals surface area contributed by atoms with E-state index >= 15 is 0 Å². The van der Waals surface area contributed by atoms with E-state index in [4.69, 9.17) is 0 Å². The minimum atomic E-state index is 0.325. The molecule has 23 heavy (non-hydrogen) atoms. The van der Waals surface area contributed by atoms with Crippen molar-refractivity contribution < 1.29 is 0 Å². The van der Waals surface area contributed by atoms with Crippen LogP contribution in [0.15, 0.2) is 46.9 Å². The van der Waals surface area contributed by atoms with Gasteiger partial charge in [-0.1, -0.05) is 57.4 Å². The van der Waals surface area contributed by atoms with E-state index in [2.05, 4.69) is 82.5 Å². The number of nitrogens with zero attached hydrogens (tertiary/aromatic N) is 1. The van der Waals surface area contributed by atoms with Gasteiger partial charge in [0.25, 0.3) is 0 Å². The second-order valence-electron chi connectivity index (χ2n) is 6.52. The average molecular weight is 373 g/mol. The average Bonchev–Trinajstić information content (AvgIpc) is 2.76. The molecule has 1 atom stereocenters. The highest BCUT2D eigenvalue weighted by molar-refractivity contribution is 9.10. The fraction of sp³-hybridized carbons (Fsp3) is 0.400. The Morgan fingerprint density at radius 1 is 0.957 bits per heavy atom. The van der Waals surface area contributed by atoms with Crippen LogP contribution in [-0.2, 0) is 0 Å². The van der Waals surface area contributed by atoms with Gasteiger partial charge in [-0.3, -0.25) is 4.90 Å². The van der Waals surface area contributed by atoms with Crippen LogP contribution < -0.4 is 5.32 Å². The smallest absolute Gasteiger partial charge is 0.0602 e. The quantitative estimate of drug-likeness (QED) is 0.855. The molecule has 0 aliphatic carbocycles. The van der Waals surface area contributed by atoms with Crippen molar-refractivity contribution in [1.29, 1.82) is 0 Å². The molecule has 0 radical (unpaired) electrons. The summed E-state index contributed by atoms with van der Waals surface area (Å²) in [6.45, 7) is 8.79. The lowest BCUT2D eigenvalue weighted by Gasteiger charge is -2.32. The molecular formula is C20H25BrN2. The highest BCUT2D eigenvalue weighted by Gasteiger charge is 2.23. The standard InChI is InChI=1S/C20H25BrN2/c1-15-11-16(2)13-18(12-15)20(17-5-3-6-19(21)14-17)23-9-4-7-22-8-10-23/h3,5-6,11-14,20,22H,4,7-10H2,1-2H3. The van der Waals surface area contributed by atoms with Crippen molar-refractivity contribution in [1.82, 2.24) is 10.2 Å². The summed E-state index contributed by atoms with van der Waals surface area (Å²) in [4.78, 5) is 2.62. The summed E-state index contributed by atoms with van der Waals surface area (Å²) in [5, 5.41) is 3.52. The van der Waals surface area contributed by atoms with Crippen LogP contribution in [-0.4, -0.2) is 31.1 Å². The lowest BCUT2D eigenvalue weighted by molar-refractivity contribution is 0.241. The van der Waals surface area contributed by atoms with Gasteiger partial charge in [0.05, 0.1) is 6.04 Å². The van der Waals surface area contributed by atoms with E-state index in [-0.39, 0.29) is 0 Å². The van der Waals surface area contributed by atoms with Gasteiger partial charge in [0.1, 0.15) is 0 Å². The molecule has 0 spiro atoms. The SMILES string of the molecule is Cc1cc(C)cc(C(c2cccc(Br)c2)N2CCCNCC2)c1. The number of aryl methyl sites for hydroxylation is 2. The normalized spacial score (nSPS) is 17.7. The second kappa shape index (κ2) is 7.61. The van der Waals surface area contributed by atoms with Gasteiger partial charge < -0.3 is 5.32 Å². The van der Waals surface area contributed by atoms with Crippen molar-refractivity contribution in [2.24, 2.45) is 0 Å². The predicted molar refractivity (Wildman–Crippen MR) is 101 cm³/mol. The molecule has 3 rings (SSSR count). The van der Waals surface area contributed by atoms with Crippen LogP contribution >= 0.6 is 15.9 Å². The molecule has 0 amide bonds. The van der Waals surface area contributed by atoms with E-state index < -0.39 is 0 Å². The first kappa shape index (κ1) is 16.7. The summed E-state index contributed by atoms with van der Waals surface area (Å²) in [7, 11) is 0. The van der Waals surface area contributed by atoms with Crippen LogP contribution in [0, 0.1) is 13.8 Å². The molecule has 1 unspecified atom stereocenters. The summed E-state index contributed by atoms with van der Waals surface area (Å²) >= 11 is 3.64. The number of rotatable bonds is 3. The van der Waals surface area contributed by atoms with Crippen molar-refractivity contribution in [2.75, 3.05) is 26.2 Å². The molecule has 1 saturated heterocycles. The van der Waals surface area contributed by atoms with Gasteiger partial charge >= 0.3 is 0 Å². The van der Waals surface area contributed by atoms with E-state index in [0.717, 1.165) is 30.7 Å². The molecular weight excluding hydrogens is 348 g/mol. The van der Waals surface area contributed by atoms with Gasteiger partial charge in [0.2, 0.25) is 0 Å². The highest BCUT2D eigenvalue weighted by Crippen LogP contribution is 2.31. The Hall–Kier alpha value is -1.16. The summed E-state index contributed by atoms with van der Waals surface area (Å²) in [5.41, 5.74) is 5.45. The van der Waals surface area contributed by atoms with Gasteiger partial charge in [0, 0.05) is 24.1 Å². The minimum absolute atomic E-state index is 0.325. The van der Waals surface area contributed by atoms with Gasteiger partial charge in [-0.25, -0.2) is 0 Å². The Bertz CT molecular complexity index is 640. The monoisotopic (exact) mass is 372 g/mol. The molecule has 1 N–H and O–H groups in total. The Kier molecular flexibility index (Phi) is 5.52. The van der Waals surface area contributed by atoms with Crippen LogP contribution in [0.1, 0.15) is 34.7 Å².